The van der Waals surface area contributed by atoms with E-state index in [1.807, 2.05) is 101 Å². The summed E-state index contributed by atoms with van der Waals surface area (Å²) in [7, 11) is 0. The van der Waals surface area contributed by atoms with Gasteiger partial charge >= 0.3 is 0 Å². The van der Waals surface area contributed by atoms with Gasteiger partial charge in [0.15, 0.2) is 6.29 Å². The topological polar surface area (TPSA) is 111 Å². The maximum absolute atomic E-state index is 14.5. The molecule has 0 saturated carbocycles. The van der Waals surface area contributed by atoms with Gasteiger partial charge in [0.1, 0.15) is 11.4 Å². The molecular formula is C34H46N2O6. The van der Waals surface area contributed by atoms with E-state index >= 15 is 0 Å². The summed E-state index contributed by atoms with van der Waals surface area (Å²) in [6, 6.07) is 21.6. The van der Waals surface area contributed by atoms with Crippen LogP contribution in [0.25, 0.3) is 10.8 Å². The summed E-state index contributed by atoms with van der Waals surface area (Å²) in [5.41, 5.74) is 7.32. The zero-order chi connectivity index (χ0) is 30.7. The maximum Gasteiger partial charge on any atom is 0.227 e. The van der Waals surface area contributed by atoms with E-state index in [2.05, 4.69) is 0 Å². The summed E-state index contributed by atoms with van der Waals surface area (Å²) < 4.78 is 17.6. The fraction of sp³-hybridized carbons (Fsp3) is 0.471. The highest BCUT2D eigenvalue weighted by atomic mass is 16.7. The third-order valence-electron chi connectivity index (χ3n) is 7.04. The molecule has 0 fully saturated rings. The van der Waals surface area contributed by atoms with Crippen molar-refractivity contribution in [3.05, 3.63) is 77.9 Å². The highest BCUT2D eigenvalue weighted by Crippen LogP contribution is 2.28. The Balaban J connectivity index is 2.01. The molecule has 0 saturated heterocycles. The Morgan fingerprint density at radius 3 is 2.14 bits per heavy atom. The van der Waals surface area contributed by atoms with Gasteiger partial charge in [-0.1, -0.05) is 54.6 Å². The first-order valence-electron chi connectivity index (χ1n) is 14.7. The smallest absolute Gasteiger partial charge is 0.227 e. The van der Waals surface area contributed by atoms with E-state index in [0.717, 1.165) is 21.9 Å². The van der Waals surface area contributed by atoms with Gasteiger partial charge in [0.05, 0.1) is 18.4 Å². The Bertz CT molecular complexity index is 1280. The Morgan fingerprint density at radius 2 is 1.55 bits per heavy atom. The molecule has 8 nitrogen and oxygen atoms in total. The predicted molar refractivity (Wildman–Crippen MR) is 165 cm³/mol. The molecule has 0 radical (unpaired) electrons. The number of aliphatic hydroxyl groups is 1. The molecular weight excluding hydrogens is 532 g/mol. The summed E-state index contributed by atoms with van der Waals surface area (Å²) in [5.74, 6) is -1.82. The van der Waals surface area contributed by atoms with Crippen LogP contribution in [0.4, 0.5) is 0 Å². The van der Waals surface area contributed by atoms with E-state index in [4.69, 9.17) is 19.9 Å². The number of carbonyl (C=O) groups excluding carboxylic acids is 2. The number of amides is 2. The van der Waals surface area contributed by atoms with Crippen LogP contribution < -0.4 is 10.5 Å². The van der Waals surface area contributed by atoms with Gasteiger partial charge in [-0.3, -0.25) is 9.59 Å². The molecule has 3 rings (SSSR count). The van der Waals surface area contributed by atoms with Gasteiger partial charge in [-0.15, -0.1) is 0 Å². The van der Waals surface area contributed by atoms with Gasteiger partial charge in [-0.05, 0) is 81.5 Å². The summed E-state index contributed by atoms with van der Waals surface area (Å²) in [4.78, 5) is 28.9. The standard InChI is InChI=1S/C34H46N2O6/c1-6-40-31(41-7-2)23-36(22-26-13-10-12-25-11-8-9-14-28(25)26)33(39)30(29(19-20-37)32(35)38)21-24-15-17-27(18-16-24)42-34(3,4)5/h8-18,29-31,37H,6-7,19-23H2,1-5H3,(H2,35,38)/t29?,30-/m0/s1. The van der Waals surface area contributed by atoms with Crippen molar-refractivity contribution in [2.45, 2.75) is 65.9 Å². The van der Waals surface area contributed by atoms with E-state index < -0.39 is 24.0 Å². The zero-order valence-corrected chi connectivity index (χ0v) is 25.5. The molecule has 2 atom stereocenters. The van der Waals surface area contributed by atoms with Gasteiger partial charge in [-0.2, -0.15) is 0 Å². The minimum Gasteiger partial charge on any atom is -0.488 e. The number of fused-ring (bicyclic) bond motifs is 1. The van der Waals surface area contributed by atoms with Crippen LogP contribution in [0, 0.1) is 11.8 Å². The fourth-order valence-electron chi connectivity index (χ4n) is 5.19. The second kappa shape index (κ2) is 15.7. The molecule has 2 amide bonds. The van der Waals surface area contributed by atoms with E-state index in [0.29, 0.717) is 19.0 Å². The normalized spacial score (nSPS) is 13.2. The van der Waals surface area contributed by atoms with Gasteiger partial charge in [-0.25, -0.2) is 0 Å². The Hall–Kier alpha value is -3.46. The van der Waals surface area contributed by atoms with Crippen LogP contribution in [0.3, 0.4) is 0 Å². The Morgan fingerprint density at radius 1 is 0.905 bits per heavy atom. The highest BCUT2D eigenvalue weighted by Gasteiger charge is 2.36. The van der Waals surface area contributed by atoms with Crippen LogP contribution in [0.5, 0.6) is 5.75 Å². The summed E-state index contributed by atoms with van der Waals surface area (Å²) in [6.45, 7) is 10.7. The molecule has 0 heterocycles. The van der Waals surface area contributed by atoms with Crippen molar-refractivity contribution in [2.24, 2.45) is 17.6 Å². The number of ether oxygens (including phenoxy) is 3. The summed E-state index contributed by atoms with van der Waals surface area (Å²) in [6.07, 6.45) is -0.292. The van der Waals surface area contributed by atoms with Crippen molar-refractivity contribution in [1.82, 2.24) is 4.90 Å². The van der Waals surface area contributed by atoms with Gasteiger partial charge < -0.3 is 30.0 Å². The number of primary amides is 1. The predicted octanol–water partition coefficient (Wildman–Crippen LogP) is 5.09. The molecule has 0 bridgehead atoms. The number of hydrogen-bond donors (Lipinski definition) is 2. The minimum absolute atomic E-state index is 0.0828. The summed E-state index contributed by atoms with van der Waals surface area (Å²) >= 11 is 0. The van der Waals surface area contributed by atoms with Crippen molar-refractivity contribution in [2.75, 3.05) is 26.4 Å². The van der Waals surface area contributed by atoms with Crippen molar-refractivity contribution < 1.29 is 28.9 Å². The molecule has 0 aromatic heterocycles. The molecule has 0 spiro atoms. The molecule has 3 aromatic carbocycles. The van der Waals surface area contributed by atoms with Gasteiger partial charge in [0.2, 0.25) is 11.8 Å². The van der Waals surface area contributed by atoms with E-state index in [1.54, 1.807) is 4.90 Å². The number of nitrogens with zero attached hydrogens (tertiary/aromatic N) is 1. The maximum atomic E-state index is 14.5. The van der Waals surface area contributed by atoms with Crippen molar-refractivity contribution in [3.63, 3.8) is 0 Å². The van der Waals surface area contributed by atoms with Crippen LogP contribution in [0.2, 0.25) is 0 Å². The molecule has 0 aliphatic rings. The number of aliphatic hydroxyl groups excluding tert-OH is 1. The van der Waals surface area contributed by atoms with Crippen LogP contribution in [-0.4, -0.2) is 60.1 Å². The van der Waals surface area contributed by atoms with Crippen molar-refractivity contribution in [1.29, 1.82) is 0 Å². The van der Waals surface area contributed by atoms with Crippen molar-refractivity contribution >= 4 is 22.6 Å². The van der Waals surface area contributed by atoms with Crippen LogP contribution in [-0.2, 0) is 32.0 Å². The third kappa shape index (κ3) is 9.54. The van der Waals surface area contributed by atoms with Gasteiger partial charge in [0.25, 0.3) is 0 Å². The molecule has 0 aliphatic heterocycles. The SMILES string of the molecule is CCOC(CN(Cc1cccc2ccccc12)C(=O)[C@@H](Cc1ccc(OC(C)(C)C)cc1)C(CCO)C(N)=O)OCC. The molecule has 3 aromatic rings. The molecule has 228 valence electrons. The number of nitrogens with two attached hydrogens (primary N) is 1. The average molecular weight is 579 g/mol. The quantitative estimate of drug-likeness (QED) is 0.229. The molecule has 42 heavy (non-hydrogen) atoms. The molecule has 3 N–H and O–H groups in total. The lowest BCUT2D eigenvalue weighted by molar-refractivity contribution is -0.163. The van der Waals surface area contributed by atoms with Crippen LogP contribution in [0.1, 0.15) is 52.2 Å². The Kier molecular flexibility index (Phi) is 12.3. The number of rotatable bonds is 16. The number of hydrogen-bond acceptors (Lipinski definition) is 6. The van der Waals surface area contributed by atoms with Crippen LogP contribution >= 0.6 is 0 Å². The third-order valence-corrected chi connectivity index (χ3v) is 7.04. The van der Waals surface area contributed by atoms with E-state index in [9.17, 15) is 14.7 Å². The van der Waals surface area contributed by atoms with Crippen LogP contribution in [0.15, 0.2) is 66.7 Å². The molecule has 0 aliphatic carbocycles. The largest absolute Gasteiger partial charge is 0.488 e. The monoisotopic (exact) mass is 578 g/mol. The highest BCUT2D eigenvalue weighted by molar-refractivity contribution is 5.89. The van der Waals surface area contributed by atoms with E-state index in [1.165, 1.54) is 0 Å². The summed E-state index contributed by atoms with van der Waals surface area (Å²) in [5, 5.41) is 11.9. The molecule has 8 heteroatoms. The zero-order valence-electron chi connectivity index (χ0n) is 25.5. The van der Waals surface area contributed by atoms with E-state index in [-0.39, 0.29) is 44.0 Å². The first-order chi connectivity index (χ1) is 20.1. The number of benzene rings is 3. The second-order valence-corrected chi connectivity index (χ2v) is 11.4. The van der Waals surface area contributed by atoms with Crippen molar-refractivity contribution in [3.8, 4) is 5.75 Å². The second-order valence-electron chi connectivity index (χ2n) is 11.4. The first-order valence-corrected chi connectivity index (χ1v) is 14.7. The molecule has 1 unspecified atom stereocenters. The minimum atomic E-state index is -0.861. The Labute approximate surface area is 249 Å². The lowest BCUT2D eigenvalue weighted by atomic mass is 9.83. The fourth-order valence-corrected chi connectivity index (χ4v) is 5.19. The lowest BCUT2D eigenvalue weighted by Gasteiger charge is -2.33. The van der Waals surface area contributed by atoms with Gasteiger partial charge in [0, 0.05) is 26.4 Å². The first kappa shape index (κ1) is 33.0. The lowest BCUT2D eigenvalue weighted by Crippen LogP contribution is -2.47. The number of carbonyl (C=O) groups is 2. The average Bonchev–Trinajstić information content (AvgIpc) is 2.94.